The third kappa shape index (κ3) is 11.8. The number of allylic oxidation sites excluding steroid dienone is 1. The Morgan fingerprint density at radius 1 is 0.907 bits per heavy atom. The van der Waals surface area contributed by atoms with Gasteiger partial charge in [-0.05, 0) is 72.0 Å². The van der Waals surface area contributed by atoms with Crippen LogP contribution in [0.5, 0.6) is 5.75 Å². The lowest BCUT2D eigenvalue weighted by atomic mass is 9.95. The minimum atomic E-state index is -1.66. The van der Waals surface area contributed by atoms with Crippen LogP contribution in [-0.4, -0.2) is 59.2 Å². The monoisotopic (exact) mass is 750 g/mol. The number of amides is 2. The van der Waals surface area contributed by atoms with E-state index in [2.05, 4.69) is 34.3 Å². The number of hydrogen-bond acceptors (Lipinski definition) is 7. The van der Waals surface area contributed by atoms with Crippen molar-refractivity contribution in [3.8, 4) is 5.75 Å². The SMILES string of the molecule is C=NC(=N/C=C(\C)c1ccc(OCCCCC)cc1)c1ccc(C[C@H](NC(=O)c2ccc(C(C)(C)C)s2)C(=O)NC(C(=O)O)C(O)c2ccccc2)cc1. The van der Waals surface area contributed by atoms with Crippen molar-refractivity contribution in [1.29, 1.82) is 0 Å². The van der Waals surface area contributed by atoms with E-state index in [1.807, 2.05) is 58.0 Å². The van der Waals surface area contributed by atoms with E-state index < -0.39 is 36.0 Å². The highest BCUT2D eigenvalue weighted by atomic mass is 32.1. The summed E-state index contributed by atoms with van der Waals surface area (Å²) in [5.41, 5.74) is 3.44. The molecule has 0 radical (unpaired) electrons. The second-order valence-electron chi connectivity index (χ2n) is 14.0. The van der Waals surface area contributed by atoms with E-state index in [-0.39, 0.29) is 11.8 Å². The normalized spacial score (nSPS) is 13.7. The number of amidine groups is 1. The average Bonchev–Trinajstić information content (AvgIpc) is 3.68. The van der Waals surface area contributed by atoms with Crippen LogP contribution >= 0.6 is 11.3 Å². The zero-order valence-electron chi connectivity index (χ0n) is 31.5. The molecule has 0 fully saturated rings. The molecule has 3 aromatic carbocycles. The fraction of sp³-hybridized carbons (Fsp3) is 0.326. The Balaban J connectivity index is 1.52. The topological polar surface area (TPSA) is 150 Å². The van der Waals surface area contributed by atoms with Crippen LogP contribution in [0.3, 0.4) is 0 Å². The van der Waals surface area contributed by atoms with Crippen molar-refractivity contribution < 1.29 is 29.3 Å². The summed E-state index contributed by atoms with van der Waals surface area (Å²) in [6.07, 6.45) is 3.55. The molecule has 0 bridgehead atoms. The van der Waals surface area contributed by atoms with Crippen LogP contribution in [0, 0.1) is 0 Å². The molecule has 54 heavy (non-hydrogen) atoms. The number of carboxylic acids is 1. The number of benzene rings is 3. The molecule has 11 heteroatoms. The van der Waals surface area contributed by atoms with E-state index >= 15 is 0 Å². The first-order valence-electron chi connectivity index (χ1n) is 18.0. The van der Waals surface area contributed by atoms with Crippen LogP contribution in [0.1, 0.15) is 96.8 Å². The molecule has 0 saturated heterocycles. The van der Waals surface area contributed by atoms with Crippen molar-refractivity contribution in [3.05, 3.63) is 129 Å². The van der Waals surface area contributed by atoms with Crippen molar-refractivity contribution >= 4 is 47.2 Å². The molecule has 2 amide bonds. The van der Waals surface area contributed by atoms with E-state index in [0.29, 0.717) is 34.0 Å². The van der Waals surface area contributed by atoms with E-state index in [0.717, 1.165) is 41.0 Å². The number of carboxylic acid groups (broad SMARTS) is 1. The molecule has 1 heterocycles. The fourth-order valence-electron chi connectivity index (χ4n) is 5.49. The number of ether oxygens (including phenoxy) is 1. The molecule has 0 spiro atoms. The van der Waals surface area contributed by atoms with Gasteiger partial charge in [0.15, 0.2) is 11.9 Å². The molecule has 10 nitrogen and oxygen atoms in total. The maximum Gasteiger partial charge on any atom is 0.329 e. The number of aliphatic imine (C=N–C) groups is 2. The van der Waals surface area contributed by atoms with Gasteiger partial charge in [0.2, 0.25) is 5.91 Å². The van der Waals surface area contributed by atoms with Gasteiger partial charge in [-0.15, -0.1) is 11.3 Å². The van der Waals surface area contributed by atoms with E-state index in [1.54, 1.807) is 66.9 Å². The number of rotatable bonds is 17. The van der Waals surface area contributed by atoms with E-state index in [9.17, 15) is 24.6 Å². The molecule has 3 atom stereocenters. The number of nitrogens with zero attached hydrogens (tertiary/aromatic N) is 2. The van der Waals surface area contributed by atoms with Crippen molar-refractivity contribution in [2.45, 2.75) is 83.9 Å². The maximum absolute atomic E-state index is 13.8. The molecule has 0 aliphatic carbocycles. The molecule has 4 aromatic rings. The predicted octanol–water partition coefficient (Wildman–Crippen LogP) is 7.77. The molecule has 1 aromatic heterocycles. The molecule has 4 N–H and O–H groups in total. The van der Waals surface area contributed by atoms with Crippen LogP contribution in [0.25, 0.3) is 5.57 Å². The highest BCUT2D eigenvalue weighted by molar-refractivity contribution is 7.14. The van der Waals surface area contributed by atoms with Gasteiger partial charge in [-0.3, -0.25) is 9.59 Å². The second-order valence-corrected chi connectivity index (χ2v) is 15.1. The Labute approximate surface area is 321 Å². The lowest BCUT2D eigenvalue weighted by Crippen LogP contribution is -2.54. The van der Waals surface area contributed by atoms with Crippen molar-refractivity contribution in [1.82, 2.24) is 10.6 Å². The highest BCUT2D eigenvalue weighted by Crippen LogP contribution is 2.29. The molecule has 0 aliphatic rings. The number of aliphatic hydroxyl groups is 1. The van der Waals surface area contributed by atoms with Gasteiger partial charge < -0.3 is 25.6 Å². The van der Waals surface area contributed by atoms with E-state index in [4.69, 9.17) is 4.74 Å². The van der Waals surface area contributed by atoms with Gasteiger partial charge in [0.1, 0.15) is 17.9 Å². The minimum Gasteiger partial charge on any atom is -0.494 e. The highest BCUT2D eigenvalue weighted by Gasteiger charge is 2.33. The van der Waals surface area contributed by atoms with Gasteiger partial charge in [-0.25, -0.2) is 14.8 Å². The summed E-state index contributed by atoms with van der Waals surface area (Å²) in [5.74, 6) is -1.42. The number of carbonyl (C=O) groups is 3. The van der Waals surface area contributed by atoms with Crippen molar-refractivity contribution in [2.75, 3.05) is 6.61 Å². The first-order chi connectivity index (χ1) is 25.8. The Kier molecular flexibility index (Phi) is 15.0. The smallest absolute Gasteiger partial charge is 0.329 e. The summed E-state index contributed by atoms with van der Waals surface area (Å²) in [7, 11) is 0. The second kappa shape index (κ2) is 19.6. The van der Waals surface area contributed by atoms with Crippen LogP contribution in [0.2, 0.25) is 0 Å². The van der Waals surface area contributed by atoms with Crippen LogP contribution in [-0.2, 0) is 21.4 Å². The number of aliphatic hydroxyl groups excluding tert-OH is 1. The molecule has 0 aliphatic heterocycles. The Bertz CT molecular complexity index is 1930. The standard InChI is InChI=1S/C43H50N4O6S/c1-7-8-12-25-53-33-21-19-30(20-22-33)28(2)27-45-39(44-6)32-17-15-29(16-18-32)26-34(46-41(50)35-23-24-36(54-35)43(3,4)5)40(49)47-37(42(51)52)38(48)31-13-10-9-11-14-31/h9-11,13-24,27,34,37-38,48H,6-8,12,25-26H2,1-5H3,(H,46,50)(H,47,49)(H,51,52)/b28-27+,45-39?/t34-,37?,38?/m0/s1. The quantitative estimate of drug-likeness (QED) is 0.0492. The number of aliphatic carboxylic acids is 1. The summed E-state index contributed by atoms with van der Waals surface area (Å²) in [6.45, 7) is 14.6. The lowest BCUT2D eigenvalue weighted by Gasteiger charge is -2.24. The molecule has 284 valence electrons. The summed E-state index contributed by atoms with van der Waals surface area (Å²) < 4.78 is 5.82. The van der Waals surface area contributed by atoms with Crippen molar-refractivity contribution in [3.63, 3.8) is 0 Å². The number of unbranched alkanes of at least 4 members (excludes halogenated alkanes) is 2. The van der Waals surface area contributed by atoms with Crippen molar-refractivity contribution in [2.24, 2.45) is 9.98 Å². The molecule has 2 unspecified atom stereocenters. The summed E-state index contributed by atoms with van der Waals surface area (Å²) in [4.78, 5) is 49.6. The van der Waals surface area contributed by atoms with Crippen LogP contribution in [0.15, 0.2) is 107 Å². The third-order valence-corrected chi connectivity index (χ3v) is 10.2. The number of thiophene rings is 1. The lowest BCUT2D eigenvalue weighted by molar-refractivity contribution is -0.145. The van der Waals surface area contributed by atoms with Gasteiger partial charge in [0.05, 0.1) is 11.5 Å². The predicted molar refractivity (Wildman–Crippen MR) is 217 cm³/mol. The third-order valence-electron chi connectivity index (χ3n) is 8.72. The molecule has 0 saturated carbocycles. The Hall–Kier alpha value is -5.39. The van der Waals surface area contributed by atoms with Gasteiger partial charge in [-0.1, -0.05) is 107 Å². The van der Waals surface area contributed by atoms with Gasteiger partial charge in [-0.2, -0.15) is 0 Å². The summed E-state index contributed by atoms with van der Waals surface area (Å²) >= 11 is 1.33. The molecule has 4 rings (SSSR count). The number of hydrogen-bond donors (Lipinski definition) is 4. The molecular weight excluding hydrogens is 701 g/mol. The first-order valence-corrected chi connectivity index (χ1v) is 18.8. The largest absolute Gasteiger partial charge is 0.494 e. The van der Waals surface area contributed by atoms with E-state index in [1.165, 1.54) is 11.3 Å². The van der Waals surface area contributed by atoms with Gasteiger partial charge in [0, 0.05) is 23.1 Å². The zero-order valence-corrected chi connectivity index (χ0v) is 32.4. The Morgan fingerprint density at radius 3 is 2.17 bits per heavy atom. The minimum absolute atomic E-state index is 0.0362. The average molecular weight is 751 g/mol. The maximum atomic E-state index is 13.8. The Morgan fingerprint density at radius 2 is 1.57 bits per heavy atom. The summed E-state index contributed by atoms with van der Waals surface area (Å²) in [5, 5.41) is 26.1. The van der Waals surface area contributed by atoms with Gasteiger partial charge in [0.25, 0.3) is 5.91 Å². The number of carbonyl (C=O) groups excluding carboxylic acids is 2. The van der Waals surface area contributed by atoms with Crippen LogP contribution < -0.4 is 15.4 Å². The fourth-order valence-corrected chi connectivity index (χ4v) is 6.46. The van der Waals surface area contributed by atoms with Gasteiger partial charge >= 0.3 is 5.97 Å². The van der Waals surface area contributed by atoms with Crippen LogP contribution in [0.4, 0.5) is 0 Å². The number of nitrogens with one attached hydrogen (secondary N) is 2. The zero-order chi connectivity index (χ0) is 39.3. The summed E-state index contributed by atoms with van der Waals surface area (Å²) in [6, 6.07) is 24.0. The first kappa shape index (κ1) is 41.4. The molecular formula is C43H50N4O6S.